The summed E-state index contributed by atoms with van der Waals surface area (Å²) in [5.74, 6) is 2.00. The van der Waals surface area contributed by atoms with E-state index in [-0.39, 0.29) is 0 Å². The van der Waals surface area contributed by atoms with Crippen LogP contribution in [0.25, 0.3) is 0 Å². The molecule has 0 spiro atoms. The first-order valence-electron chi connectivity index (χ1n) is 5.30. The SMILES string of the molecule is CCCC(CBr)CCc1nccn1C. The highest BCUT2D eigenvalue weighted by atomic mass is 79.9. The molecular formula is C11H19BrN2. The third kappa shape index (κ3) is 3.45. The number of aryl methyl sites for hydroxylation is 2. The van der Waals surface area contributed by atoms with E-state index in [2.05, 4.69) is 39.5 Å². The van der Waals surface area contributed by atoms with Crippen LogP contribution in [-0.4, -0.2) is 14.9 Å². The van der Waals surface area contributed by atoms with Crippen LogP contribution >= 0.6 is 15.9 Å². The van der Waals surface area contributed by atoms with E-state index in [0.717, 1.165) is 17.7 Å². The lowest BCUT2D eigenvalue weighted by atomic mass is 10.0. The van der Waals surface area contributed by atoms with Crippen LogP contribution in [-0.2, 0) is 13.5 Å². The summed E-state index contributed by atoms with van der Waals surface area (Å²) in [5.41, 5.74) is 0. The highest BCUT2D eigenvalue weighted by Crippen LogP contribution is 2.16. The molecule has 0 aromatic carbocycles. The van der Waals surface area contributed by atoms with Gasteiger partial charge < -0.3 is 4.57 Å². The molecule has 0 fully saturated rings. The van der Waals surface area contributed by atoms with E-state index in [9.17, 15) is 0 Å². The van der Waals surface area contributed by atoms with E-state index in [4.69, 9.17) is 0 Å². The van der Waals surface area contributed by atoms with Crippen LogP contribution in [0.3, 0.4) is 0 Å². The topological polar surface area (TPSA) is 17.8 Å². The first-order valence-corrected chi connectivity index (χ1v) is 6.42. The standard InChI is InChI=1S/C11H19BrN2/c1-3-4-10(9-12)5-6-11-13-7-8-14(11)2/h7-8,10H,3-6,9H2,1-2H3. The molecule has 1 heterocycles. The van der Waals surface area contributed by atoms with Gasteiger partial charge in [-0.05, 0) is 18.8 Å². The first-order chi connectivity index (χ1) is 6.77. The number of hydrogen-bond donors (Lipinski definition) is 0. The van der Waals surface area contributed by atoms with Crippen LogP contribution in [0.2, 0.25) is 0 Å². The van der Waals surface area contributed by atoms with Gasteiger partial charge >= 0.3 is 0 Å². The number of nitrogens with zero attached hydrogens (tertiary/aromatic N) is 2. The van der Waals surface area contributed by atoms with Crippen molar-refractivity contribution >= 4 is 15.9 Å². The molecule has 14 heavy (non-hydrogen) atoms. The molecule has 80 valence electrons. The van der Waals surface area contributed by atoms with Gasteiger partial charge in [0, 0.05) is 31.2 Å². The molecule has 1 rings (SSSR count). The molecule has 1 atom stereocenters. The molecule has 0 aliphatic rings. The fraction of sp³-hybridized carbons (Fsp3) is 0.727. The van der Waals surface area contributed by atoms with Gasteiger partial charge in [0.2, 0.25) is 0 Å². The number of rotatable bonds is 6. The Hall–Kier alpha value is -0.310. The van der Waals surface area contributed by atoms with E-state index in [0.29, 0.717) is 0 Å². The molecule has 1 aromatic heterocycles. The summed E-state index contributed by atoms with van der Waals surface area (Å²) in [5, 5.41) is 1.12. The maximum absolute atomic E-state index is 4.33. The lowest BCUT2D eigenvalue weighted by molar-refractivity contribution is 0.487. The second kappa shape index (κ2) is 6.23. The Kier molecular flexibility index (Phi) is 5.23. The van der Waals surface area contributed by atoms with E-state index in [1.807, 2.05) is 12.4 Å². The van der Waals surface area contributed by atoms with Crippen molar-refractivity contribution in [3.8, 4) is 0 Å². The van der Waals surface area contributed by atoms with Gasteiger partial charge in [-0.1, -0.05) is 29.3 Å². The van der Waals surface area contributed by atoms with Crippen molar-refractivity contribution in [2.24, 2.45) is 13.0 Å². The van der Waals surface area contributed by atoms with Crippen molar-refractivity contribution in [3.63, 3.8) is 0 Å². The summed E-state index contributed by atoms with van der Waals surface area (Å²) in [7, 11) is 2.06. The number of imidazole rings is 1. The molecule has 1 aromatic rings. The molecule has 0 aliphatic carbocycles. The molecule has 2 nitrogen and oxygen atoms in total. The van der Waals surface area contributed by atoms with Crippen molar-refractivity contribution in [3.05, 3.63) is 18.2 Å². The highest BCUT2D eigenvalue weighted by Gasteiger charge is 2.07. The Balaban J connectivity index is 2.35. The van der Waals surface area contributed by atoms with E-state index < -0.39 is 0 Å². The van der Waals surface area contributed by atoms with Crippen LogP contribution in [0.4, 0.5) is 0 Å². The Morgan fingerprint density at radius 3 is 2.79 bits per heavy atom. The largest absolute Gasteiger partial charge is 0.338 e. The lowest BCUT2D eigenvalue weighted by Crippen LogP contribution is -2.06. The predicted molar refractivity (Wildman–Crippen MR) is 63.7 cm³/mol. The van der Waals surface area contributed by atoms with Gasteiger partial charge in [-0.25, -0.2) is 4.98 Å². The number of halogens is 1. The van der Waals surface area contributed by atoms with Crippen molar-refractivity contribution < 1.29 is 0 Å². The minimum Gasteiger partial charge on any atom is -0.338 e. The molecule has 0 radical (unpaired) electrons. The summed E-state index contributed by atoms with van der Waals surface area (Å²) in [6.07, 6.45) is 8.81. The van der Waals surface area contributed by atoms with Crippen molar-refractivity contribution in [2.75, 3.05) is 5.33 Å². The quantitative estimate of drug-likeness (QED) is 0.717. The summed E-state index contributed by atoms with van der Waals surface area (Å²) < 4.78 is 2.11. The monoisotopic (exact) mass is 258 g/mol. The number of aromatic nitrogens is 2. The van der Waals surface area contributed by atoms with Crippen molar-refractivity contribution in [1.82, 2.24) is 9.55 Å². The average molecular weight is 259 g/mol. The van der Waals surface area contributed by atoms with Gasteiger partial charge in [0.25, 0.3) is 0 Å². The minimum atomic E-state index is 0.802. The average Bonchev–Trinajstić information content (AvgIpc) is 2.59. The molecule has 3 heteroatoms. The predicted octanol–water partition coefficient (Wildman–Crippen LogP) is 3.16. The van der Waals surface area contributed by atoms with E-state index in [1.165, 1.54) is 25.1 Å². The molecule has 0 aliphatic heterocycles. The van der Waals surface area contributed by atoms with Crippen LogP contribution in [0, 0.1) is 5.92 Å². The molecule has 0 amide bonds. The molecule has 0 N–H and O–H groups in total. The molecular weight excluding hydrogens is 240 g/mol. The van der Waals surface area contributed by atoms with Crippen molar-refractivity contribution in [1.29, 1.82) is 0 Å². The van der Waals surface area contributed by atoms with E-state index >= 15 is 0 Å². The Morgan fingerprint density at radius 2 is 2.29 bits per heavy atom. The summed E-state index contributed by atoms with van der Waals surface area (Å²) in [6, 6.07) is 0. The zero-order valence-corrected chi connectivity index (χ0v) is 10.6. The van der Waals surface area contributed by atoms with Crippen molar-refractivity contribution in [2.45, 2.75) is 32.6 Å². The Labute approximate surface area is 94.9 Å². The molecule has 0 bridgehead atoms. The third-order valence-corrected chi connectivity index (χ3v) is 3.53. The van der Waals surface area contributed by atoms with Gasteiger partial charge in [-0.2, -0.15) is 0 Å². The van der Waals surface area contributed by atoms with Gasteiger partial charge in [0.1, 0.15) is 5.82 Å². The maximum Gasteiger partial charge on any atom is 0.108 e. The van der Waals surface area contributed by atoms with Gasteiger partial charge in [-0.3, -0.25) is 0 Å². The third-order valence-electron chi connectivity index (χ3n) is 2.61. The maximum atomic E-state index is 4.33. The van der Waals surface area contributed by atoms with Gasteiger partial charge in [0.05, 0.1) is 0 Å². The second-order valence-corrected chi connectivity index (χ2v) is 4.45. The first kappa shape index (κ1) is 11.8. The van der Waals surface area contributed by atoms with E-state index in [1.54, 1.807) is 0 Å². The summed E-state index contributed by atoms with van der Waals surface area (Å²) in [6.45, 7) is 2.25. The summed E-state index contributed by atoms with van der Waals surface area (Å²) in [4.78, 5) is 4.33. The Bertz CT molecular complexity index is 258. The fourth-order valence-electron chi connectivity index (χ4n) is 1.68. The number of hydrogen-bond acceptors (Lipinski definition) is 1. The highest BCUT2D eigenvalue weighted by molar-refractivity contribution is 9.09. The van der Waals surface area contributed by atoms with Crippen LogP contribution in [0.15, 0.2) is 12.4 Å². The zero-order valence-electron chi connectivity index (χ0n) is 9.04. The van der Waals surface area contributed by atoms with Gasteiger partial charge in [-0.15, -0.1) is 0 Å². The second-order valence-electron chi connectivity index (χ2n) is 3.80. The molecule has 0 saturated carbocycles. The van der Waals surface area contributed by atoms with Crippen LogP contribution in [0.5, 0.6) is 0 Å². The number of alkyl halides is 1. The lowest BCUT2D eigenvalue weighted by Gasteiger charge is -2.12. The molecule has 0 saturated heterocycles. The van der Waals surface area contributed by atoms with Crippen LogP contribution < -0.4 is 0 Å². The van der Waals surface area contributed by atoms with Crippen LogP contribution in [0.1, 0.15) is 32.0 Å². The van der Waals surface area contributed by atoms with Gasteiger partial charge in [0.15, 0.2) is 0 Å². The molecule has 1 unspecified atom stereocenters. The smallest absolute Gasteiger partial charge is 0.108 e. The summed E-state index contributed by atoms with van der Waals surface area (Å²) >= 11 is 3.57. The fourth-order valence-corrected chi connectivity index (χ4v) is 2.32. The zero-order chi connectivity index (χ0) is 10.4. The normalized spacial score (nSPS) is 13.1. The Morgan fingerprint density at radius 1 is 1.50 bits per heavy atom. The minimum absolute atomic E-state index is 0.802.